The number of carbonyl (C=O) groups excluding carboxylic acids is 1. The predicted octanol–water partition coefficient (Wildman–Crippen LogP) is -0.568. The number of morpholine rings is 1. The smallest absolute Gasteiger partial charge is 0.332 e. The molecule has 12 nitrogen and oxygen atoms in total. The number of amides is 1. The zero-order valence-electron chi connectivity index (χ0n) is 18.7. The number of fused-ring (bicyclic) bond motifs is 1. The lowest BCUT2D eigenvalue weighted by Gasteiger charge is -2.27. The molecule has 0 unspecified atom stereocenters. The van der Waals surface area contributed by atoms with E-state index in [4.69, 9.17) is 4.74 Å². The highest BCUT2D eigenvalue weighted by molar-refractivity contribution is 5.92. The summed E-state index contributed by atoms with van der Waals surface area (Å²) in [5.74, 6) is 0.168. The predicted molar refractivity (Wildman–Crippen MR) is 122 cm³/mol. The number of nitrogens with zero attached hydrogens (tertiary/aromatic N) is 5. The van der Waals surface area contributed by atoms with Gasteiger partial charge >= 0.3 is 5.69 Å². The van der Waals surface area contributed by atoms with Crippen LogP contribution in [0.2, 0.25) is 0 Å². The fourth-order valence-corrected chi connectivity index (χ4v) is 3.81. The van der Waals surface area contributed by atoms with Crippen molar-refractivity contribution in [3.63, 3.8) is 0 Å². The first-order valence-electron chi connectivity index (χ1n) is 10.5. The van der Waals surface area contributed by atoms with Crippen molar-refractivity contribution in [2.75, 3.05) is 36.5 Å². The first kappa shape index (κ1) is 22.4. The van der Waals surface area contributed by atoms with Crippen LogP contribution >= 0.6 is 0 Å². The minimum absolute atomic E-state index is 0.0474. The third-order valence-electron chi connectivity index (χ3n) is 5.70. The van der Waals surface area contributed by atoms with Crippen molar-refractivity contribution in [1.29, 1.82) is 0 Å². The number of aryl methyl sites for hydroxylation is 2. The number of ether oxygens (including phenoxy) is 1. The van der Waals surface area contributed by atoms with Crippen molar-refractivity contribution in [2.24, 2.45) is 14.1 Å². The second kappa shape index (κ2) is 8.98. The Bertz CT molecular complexity index is 1400. The highest BCUT2D eigenvalue weighted by atomic mass is 16.5. The van der Waals surface area contributed by atoms with Crippen LogP contribution in [0.5, 0.6) is 0 Å². The van der Waals surface area contributed by atoms with Crippen LogP contribution < -0.4 is 27.0 Å². The number of anilines is 2. The summed E-state index contributed by atoms with van der Waals surface area (Å²) in [7, 11) is 2.90. The topological polar surface area (TPSA) is 144 Å². The Morgan fingerprint density at radius 1 is 1.18 bits per heavy atom. The number of H-pyrrole nitrogens is 1. The summed E-state index contributed by atoms with van der Waals surface area (Å²) in [5, 5.41) is 2.91. The molecule has 3 aromatic heterocycles. The van der Waals surface area contributed by atoms with E-state index in [0.29, 0.717) is 49.2 Å². The van der Waals surface area contributed by atoms with E-state index in [9.17, 15) is 19.2 Å². The average molecular weight is 455 g/mol. The Kier molecular flexibility index (Phi) is 6.09. The first-order valence-corrected chi connectivity index (χ1v) is 10.5. The Hall–Kier alpha value is -3.80. The number of aromatic nitrogens is 5. The Balaban J connectivity index is 1.47. The molecule has 1 aliphatic heterocycles. The van der Waals surface area contributed by atoms with Crippen LogP contribution in [-0.2, 0) is 30.0 Å². The van der Waals surface area contributed by atoms with Crippen LogP contribution in [0.15, 0.2) is 26.6 Å². The van der Waals surface area contributed by atoms with E-state index in [1.807, 2.05) is 4.90 Å². The molecule has 0 atom stereocenters. The molecule has 0 bridgehead atoms. The van der Waals surface area contributed by atoms with E-state index in [0.717, 1.165) is 4.57 Å². The zero-order valence-corrected chi connectivity index (χ0v) is 18.7. The van der Waals surface area contributed by atoms with Gasteiger partial charge in [0.25, 0.3) is 11.1 Å². The lowest BCUT2D eigenvalue weighted by Crippen LogP contribution is -2.38. The summed E-state index contributed by atoms with van der Waals surface area (Å²) >= 11 is 0. The van der Waals surface area contributed by atoms with Gasteiger partial charge in [-0.15, -0.1) is 0 Å². The summed E-state index contributed by atoms with van der Waals surface area (Å²) in [6.07, 6.45) is 1.64. The molecule has 0 aliphatic carbocycles. The van der Waals surface area contributed by atoms with E-state index in [1.54, 1.807) is 6.92 Å². The number of aromatic amines is 1. The van der Waals surface area contributed by atoms with E-state index >= 15 is 0 Å². The van der Waals surface area contributed by atoms with E-state index in [1.165, 1.54) is 30.9 Å². The van der Waals surface area contributed by atoms with Gasteiger partial charge in [0.2, 0.25) is 11.9 Å². The lowest BCUT2D eigenvalue weighted by molar-refractivity contribution is -0.116. The van der Waals surface area contributed by atoms with Crippen molar-refractivity contribution >= 4 is 28.6 Å². The van der Waals surface area contributed by atoms with Gasteiger partial charge in [-0.1, -0.05) is 0 Å². The van der Waals surface area contributed by atoms with Gasteiger partial charge in [-0.3, -0.25) is 28.5 Å². The third kappa shape index (κ3) is 4.42. The number of hydrogen-bond acceptors (Lipinski definition) is 8. The molecule has 1 amide bonds. The number of nitrogens with one attached hydrogen (secondary N) is 2. The number of hydrogen-bond donors (Lipinski definition) is 2. The Morgan fingerprint density at radius 3 is 2.61 bits per heavy atom. The molecule has 0 radical (unpaired) electrons. The van der Waals surface area contributed by atoms with Crippen molar-refractivity contribution in [1.82, 2.24) is 24.1 Å². The van der Waals surface area contributed by atoms with Gasteiger partial charge in [-0.25, -0.2) is 14.8 Å². The lowest BCUT2D eigenvalue weighted by atomic mass is 10.1. The van der Waals surface area contributed by atoms with E-state index in [2.05, 4.69) is 20.3 Å². The molecule has 12 heteroatoms. The molecule has 0 spiro atoms. The molecule has 4 heterocycles. The molecule has 0 saturated carbocycles. The molecule has 174 valence electrons. The highest BCUT2D eigenvalue weighted by Crippen LogP contribution is 2.14. The largest absolute Gasteiger partial charge is 0.378 e. The molecule has 3 aromatic rings. The van der Waals surface area contributed by atoms with Crippen LogP contribution in [0.3, 0.4) is 0 Å². The van der Waals surface area contributed by atoms with Gasteiger partial charge in [0.05, 0.1) is 30.5 Å². The van der Waals surface area contributed by atoms with Gasteiger partial charge in [-0.05, 0) is 19.4 Å². The molecular formula is C21H25N7O5. The quantitative estimate of drug-likeness (QED) is 0.521. The maximum atomic E-state index is 12.6. The molecular weight excluding hydrogens is 430 g/mol. The highest BCUT2D eigenvalue weighted by Gasteiger charge is 2.17. The second-order valence-corrected chi connectivity index (χ2v) is 7.90. The monoisotopic (exact) mass is 455 g/mol. The Morgan fingerprint density at radius 2 is 1.91 bits per heavy atom. The molecule has 1 aliphatic rings. The molecule has 1 saturated heterocycles. The fourth-order valence-electron chi connectivity index (χ4n) is 3.81. The van der Waals surface area contributed by atoms with Crippen molar-refractivity contribution in [3.8, 4) is 0 Å². The fraction of sp³-hybridized carbons (Fsp3) is 0.429. The average Bonchev–Trinajstić information content (AvgIpc) is 2.81. The van der Waals surface area contributed by atoms with Crippen LogP contribution in [-0.4, -0.2) is 56.3 Å². The summed E-state index contributed by atoms with van der Waals surface area (Å²) < 4.78 is 7.58. The van der Waals surface area contributed by atoms with Gasteiger partial charge < -0.3 is 15.0 Å². The standard InChI is InChI=1S/C21H25N7O5/c1-12-14(18(30)25-20(23-12)28-6-8-33-9-7-28)4-5-16(29)24-13-10-15-17(22-11-13)26(2)21(32)27(3)19(15)31/h10-11H,4-9H2,1-3H3,(H,24,29)(H,23,25,30). The van der Waals surface area contributed by atoms with Crippen LogP contribution in [0, 0.1) is 6.92 Å². The van der Waals surface area contributed by atoms with Crippen molar-refractivity contribution in [3.05, 3.63) is 54.7 Å². The third-order valence-corrected chi connectivity index (χ3v) is 5.70. The maximum absolute atomic E-state index is 12.6. The molecule has 1 fully saturated rings. The van der Waals surface area contributed by atoms with Crippen molar-refractivity contribution < 1.29 is 9.53 Å². The molecule has 33 heavy (non-hydrogen) atoms. The Labute approximate surface area is 187 Å². The summed E-state index contributed by atoms with van der Waals surface area (Å²) in [5.41, 5.74) is 0.335. The molecule has 4 rings (SSSR count). The van der Waals surface area contributed by atoms with Gasteiger partial charge in [0.1, 0.15) is 5.65 Å². The normalized spacial score (nSPS) is 14.0. The van der Waals surface area contributed by atoms with E-state index < -0.39 is 11.2 Å². The van der Waals surface area contributed by atoms with Crippen molar-refractivity contribution in [2.45, 2.75) is 19.8 Å². The maximum Gasteiger partial charge on any atom is 0.332 e. The summed E-state index contributed by atoms with van der Waals surface area (Å²) in [6.45, 7) is 4.22. The second-order valence-electron chi connectivity index (χ2n) is 7.90. The minimum atomic E-state index is -0.495. The van der Waals surface area contributed by atoms with Crippen LogP contribution in [0.25, 0.3) is 11.0 Å². The van der Waals surface area contributed by atoms with Crippen LogP contribution in [0.1, 0.15) is 17.7 Å². The van der Waals surface area contributed by atoms with Gasteiger partial charge in [0, 0.05) is 44.9 Å². The first-order chi connectivity index (χ1) is 15.8. The summed E-state index contributed by atoms with van der Waals surface area (Å²) in [4.78, 5) is 62.9. The minimum Gasteiger partial charge on any atom is -0.378 e. The van der Waals surface area contributed by atoms with E-state index in [-0.39, 0.29) is 35.3 Å². The zero-order chi connectivity index (χ0) is 23.7. The molecule has 0 aromatic carbocycles. The number of carbonyl (C=O) groups is 1. The SMILES string of the molecule is Cc1nc(N2CCOCC2)[nH]c(=O)c1CCC(=O)Nc1cnc2c(c1)c(=O)n(C)c(=O)n2C. The van der Waals surface area contributed by atoms with Gasteiger partial charge in [-0.2, -0.15) is 0 Å². The van der Waals surface area contributed by atoms with Gasteiger partial charge in [0.15, 0.2) is 0 Å². The number of pyridine rings is 1. The van der Waals surface area contributed by atoms with Crippen LogP contribution in [0.4, 0.5) is 11.6 Å². The summed E-state index contributed by atoms with van der Waals surface area (Å²) in [6, 6.07) is 1.48. The molecule has 2 N–H and O–H groups in total. The number of rotatable bonds is 5.